The Morgan fingerprint density at radius 1 is 1.33 bits per heavy atom. The molecule has 3 nitrogen and oxygen atoms in total. The van der Waals surface area contributed by atoms with E-state index >= 15 is 0 Å². The van der Waals surface area contributed by atoms with Crippen molar-refractivity contribution in [2.75, 3.05) is 14.2 Å². The number of hydrogen-bond donors (Lipinski definition) is 0. The van der Waals surface area contributed by atoms with E-state index in [9.17, 15) is 9.18 Å². The first-order valence-electron chi connectivity index (χ1n) is 4.27. The third-order valence-electron chi connectivity index (χ3n) is 1.80. The van der Waals surface area contributed by atoms with Crippen LogP contribution in [-0.2, 0) is 9.53 Å². The van der Waals surface area contributed by atoms with Crippen LogP contribution >= 0.6 is 0 Å². The zero-order valence-corrected chi connectivity index (χ0v) is 8.49. The van der Waals surface area contributed by atoms with E-state index in [2.05, 4.69) is 4.74 Å². The van der Waals surface area contributed by atoms with E-state index in [1.807, 2.05) is 0 Å². The van der Waals surface area contributed by atoms with Gasteiger partial charge in [0.2, 0.25) is 5.83 Å². The Hall–Kier alpha value is -1.84. The first kappa shape index (κ1) is 11.2. The van der Waals surface area contributed by atoms with Crippen molar-refractivity contribution in [3.05, 3.63) is 35.7 Å². The molecule has 1 rings (SSSR count). The van der Waals surface area contributed by atoms with Gasteiger partial charge in [-0.1, -0.05) is 18.2 Å². The van der Waals surface area contributed by atoms with Crippen molar-refractivity contribution in [1.29, 1.82) is 0 Å². The minimum Gasteiger partial charge on any atom is -0.496 e. The minimum absolute atomic E-state index is 0.489. The molecule has 0 amide bonds. The normalized spacial score (nSPS) is 11.0. The van der Waals surface area contributed by atoms with E-state index in [0.717, 1.165) is 13.2 Å². The molecule has 15 heavy (non-hydrogen) atoms. The van der Waals surface area contributed by atoms with Crippen LogP contribution in [-0.4, -0.2) is 20.2 Å². The number of halogens is 1. The van der Waals surface area contributed by atoms with Crippen molar-refractivity contribution < 1.29 is 18.7 Å². The van der Waals surface area contributed by atoms with Gasteiger partial charge in [-0.2, -0.15) is 4.39 Å². The molecular formula is C11H11FO3. The molecule has 0 fully saturated rings. The van der Waals surface area contributed by atoms with Crippen LogP contribution in [0.25, 0.3) is 6.08 Å². The lowest BCUT2D eigenvalue weighted by atomic mass is 10.2. The minimum atomic E-state index is -0.999. The van der Waals surface area contributed by atoms with E-state index in [0.29, 0.717) is 11.3 Å². The summed E-state index contributed by atoms with van der Waals surface area (Å²) in [6.45, 7) is 0. The zero-order valence-electron chi connectivity index (χ0n) is 8.49. The Bertz CT molecular complexity index is 385. The Balaban J connectivity index is 3.02. The first-order chi connectivity index (χ1) is 7.19. The van der Waals surface area contributed by atoms with E-state index in [1.165, 1.54) is 7.11 Å². The highest BCUT2D eigenvalue weighted by atomic mass is 19.1. The molecule has 0 heterocycles. The average molecular weight is 210 g/mol. The summed E-state index contributed by atoms with van der Waals surface area (Å²) in [7, 11) is 2.60. The van der Waals surface area contributed by atoms with Gasteiger partial charge in [-0.3, -0.25) is 0 Å². The monoisotopic (exact) mass is 210 g/mol. The number of benzene rings is 1. The van der Waals surface area contributed by atoms with E-state index in [-0.39, 0.29) is 0 Å². The molecule has 0 N–H and O–H groups in total. The van der Waals surface area contributed by atoms with Gasteiger partial charge in [0.25, 0.3) is 0 Å². The van der Waals surface area contributed by atoms with E-state index < -0.39 is 11.8 Å². The Labute approximate surface area is 87.1 Å². The van der Waals surface area contributed by atoms with Crippen molar-refractivity contribution in [2.45, 2.75) is 0 Å². The van der Waals surface area contributed by atoms with Crippen LogP contribution in [0.4, 0.5) is 4.39 Å². The van der Waals surface area contributed by atoms with Crippen molar-refractivity contribution in [3.8, 4) is 5.75 Å². The standard InChI is InChI=1S/C11H11FO3/c1-14-10-6-4-3-5-8(10)7-9(12)11(13)15-2/h3-7H,1-2H3/b9-7-. The number of ether oxygens (including phenoxy) is 2. The molecule has 0 aliphatic rings. The number of methoxy groups -OCH3 is 2. The highest BCUT2D eigenvalue weighted by molar-refractivity contribution is 5.91. The molecule has 0 atom stereocenters. The maximum atomic E-state index is 13.1. The fourth-order valence-corrected chi connectivity index (χ4v) is 1.08. The van der Waals surface area contributed by atoms with Crippen LogP contribution in [0.1, 0.15) is 5.56 Å². The molecule has 0 bridgehead atoms. The lowest BCUT2D eigenvalue weighted by Crippen LogP contribution is -2.00. The lowest BCUT2D eigenvalue weighted by Gasteiger charge is -2.03. The molecular weight excluding hydrogens is 199 g/mol. The van der Waals surface area contributed by atoms with Gasteiger partial charge in [0.1, 0.15) is 5.75 Å². The largest absolute Gasteiger partial charge is 0.496 e. The van der Waals surface area contributed by atoms with Crippen molar-refractivity contribution in [1.82, 2.24) is 0 Å². The molecule has 0 radical (unpaired) electrons. The van der Waals surface area contributed by atoms with Gasteiger partial charge >= 0.3 is 5.97 Å². The summed E-state index contributed by atoms with van der Waals surface area (Å²) in [5.74, 6) is -1.46. The maximum Gasteiger partial charge on any atom is 0.366 e. The second-order valence-corrected chi connectivity index (χ2v) is 2.73. The Morgan fingerprint density at radius 2 is 2.00 bits per heavy atom. The highest BCUT2D eigenvalue weighted by Crippen LogP contribution is 2.20. The van der Waals surface area contributed by atoms with Crippen LogP contribution in [0.15, 0.2) is 30.1 Å². The van der Waals surface area contributed by atoms with Crippen LogP contribution in [0.2, 0.25) is 0 Å². The number of para-hydroxylation sites is 1. The summed E-state index contributed by atoms with van der Waals surface area (Å²) < 4.78 is 22.4. The number of carbonyl (C=O) groups is 1. The van der Waals surface area contributed by atoms with Gasteiger partial charge in [0.05, 0.1) is 14.2 Å². The molecule has 0 aromatic heterocycles. The Morgan fingerprint density at radius 3 is 2.60 bits per heavy atom. The molecule has 80 valence electrons. The van der Waals surface area contributed by atoms with Crippen LogP contribution in [0.5, 0.6) is 5.75 Å². The first-order valence-corrected chi connectivity index (χ1v) is 4.27. The number of carbonyl (C=O) groups excluding carboxylic acids is 1. The zero-order chi connectivity index (χ0) is 11.3. The molecule has 0 saturated heterocycles. The van der Waals surface area contributed by atoms with Crippen molar-refractivity contribution >= 4 is 12.0 Å². The third-order valence-corrected chi connectivity index (χ3v) is 1.80. The van der Waals surface area contributed by atoms with Gasteiger partial charge in [0, 0.05) is 5.56 Å². The maximum absolute atomic E-state index is 13.1. The predicted molar refractivity (Wildman–Crippen MR) is 54.1 cm³/mol. The van der Waals surface area contributed by atoms with Crippen molar-refractivity contribution in [2.24, 2.45) is 0 Å². The van der Waals surface area contributed by atoms with Crippen LogP contribution < -0.4 is 4.74 Å². The predicted octanol–water partition coefficient (Wildman–Crippen LogP) is 2.18. The second-order valence-electron chi connectivity index (χ2n) is 2.73. The molecule has 0 spiro atoms. The molecule has 1 aromatic rings. The lowest BCUT2D eigenvalue weighted by molar-refractivity contribution is -0.137. The summed E-state index contributed by atoms with van der Waals surface area (Å²) in [5.41, 5.74) is 0.489. The van der Waals surface area contributed by atoms with E-state index in [1.54, 1.807) is 24.3 Å². The summed E-state index contributed by atoms with van der Waals surface area (Å²) in [6, 6.07) is 6.79. The summed E-state index contributed by atoms with van der Waals surface area (Å²) >= 11 is 0. The smallest absolute Gasteiger partial charge is 0.366 e. The Kier molecular flexibility index (Phi) is 3.85. The summed E-state index contributed by atoms with van der Waals surface area (Å²) in [6.07, 6.45) is 1.07. The third kappa shape index (κ3) is 2.80. The van der Waals surface area contributed by atoms with Gasteiger partial charge < -0.3 is 9.47 Å². The fourth-order valence-electron chi connectivity index (χ4n) is 1.08. The highest BCUT2D eigenvalue weighted by Gasteiger charge is 2.09. The summed E-state index contributed by atoms with van der Waals surface area (Å²) in [4.78, 5) is 10.8. The molecule has 0 aliphatic carbocycles. The van der Waals surface area contributed by atoms with Gasteiger partial charge in [-0.25, -0.2) is 4.79 Å². The average Bonchev–Trinajstić information content (AvgIpc) is 2.28. The molecule has 0 unspecified atom stereocenters. The molecule has 0 saturated carbocycles. The number of hydrogen-bond acceptors (Lipinski definition) is 3. The summed E-state index contributed by atoms with van der Waals surface area (Å²) in [5, 5.41) is 0. The quantitative estimate of drug-likeness (QED) is 0.566. The number of rotatable bonds is 3. The topological polar surface area (TPSA) is 35.5 Å². The molecule has 1 aromatic carbocycles. The van der Waals surface area contributed by atoms with Crippen LogP contribution in [0, 0.1) is 0 Å². The number of esters is 1. The SMILES string of the molecule is COC(=O)/C(F)=C/c1ccccc1OC. The molecule has 0 aliphatic heterocycles. The van der Waals surface area contributed by atoms with Gasteiger partial charge in [0.15, 0.2) is 0 Å². The second kappa shape index (κ2) is 5.14. The van der Waals surface area contributed by atoms with Crippen molar-refractivity contribution in [3.63, 3.8) is 0 Å². The van der Waals surface area contributed by atoms with Crippen LogP contribution in [0.3, 0.4) is 0 Å². The fraction of sp³-hybridized carbons (Fsp3) is 0.182. The molecule has 4 heteroatoms. The van der Waals surface area contributed by atoms with E-state index in [4.69, 9.17) is 4.74 Å². The van der Waals surface area contributed by atoms with Gasteiger partial charge in [-0.05, 0) is 12.1 Å². The van der Waals surface area contributed by atoms with Gasteiger partial charge in [-0.15, -0.1) is 0 Å².